The van der Waals surface area contributed by atoms with E-state index in [0.717, 1.165) is 34.8 Å². The Kier molecular flexibility index (Phi) is 5.85. The van der Waals surface area contributed by atoms with Gasteiger partial charge < -0.3 is 10.1 Å². The molecule has 0 saturated heterocycles. The van der Waals surface area contributed by atoms with Gasteiger partial charge in [0.1, 0.15) is 10.6 Å². The smallest absolute Gasteiger partial charge is 0.408 e. The minimum absolute atomic E-state index is 0.337. The van der Waals surface area contributed by atoms with Gasteiger partial charge in [-0.1, -0.05) is 0 Å². The summed E-state index contributed by atoms with van der Waals surface area (Å²) in [5, 5.41) is 12.8. The molecule has 3 rings (SSSR count). The van der Waals surface area contributed by atoms with Crippen LogP contribution in [0.4, 0.5) is 4.79 Å². The molecule has 27 heavy (non-hydrogen) atoms. The molecule has 3 aromatic rings. The fraction of sp³-hybridized carbons (Fsp3) is 0.368. The lowest BCUT2D eigenvalue weighted by Crippen LogP contribution is -2.32. The highest BCUT2D eigenvalue weighted by Crippen LogP contribution is 2.25. The average molecular weight is 385 g/mol. The molecule has 0 atom stereocenters. The number of nitrogens with one attached hydrogen (secondary N) is 2. The number of carbonyl (C=O) groups excluding carboxylic acids is 1. The van der Waals surface area contributed by atoms with Crippen molar-refractivity contribution in [2.24, 2.45) is 0 Å². The van der Waals surface area contributed by atoms with E-state index in [-0.39, 0.29) is 0 Å². The van der Waals surface area contributed by atoms with Crippen LogP contribution in [0.3, 0.4) is 0 Å². The lowest BCUT2D eigenvalue weighted by atomic mass is 10.1. The number of nitrogens with zero attached hydrogens (tertiary/aromatic N) is 3. The number of hydrogen-bond acceptors (Lipinski definition) is 6. The van der Waals surface area contributed by atoms with Crippen molar-refractivity contribution in [2.75, 3.05) is 0 Å². The summed E-state index contributed by atoms with van der Waals surface area (Å²) in [6.45, 7) is 5.84. The molecule has 2 N–H and O–H groups in total. The second-order valence-electron chi connectivity index (χ2n) is 7.08. The number of H-pyrrole nitrogens is 1. The molecule has 0 spiro atoms. The summed E-state index contributed by atoms with van der Waals surface area (Å²) in [5.74, 6) is 0. The largest absolute Gasteiger partial charge is 0.444 e. The Labute approximate surface area is 162 Å². The van der Waals surface area contributed by atoms with Gasteiger partial charge in [-0.25, -0.2) is 9.78 Å². The van der Waals surface area contributed by atoms with Crippen LogP contribution in [0.25, 0.3) is 11.3 Å². The molecule has 7 nitrogen and oxygen atoms in total. The van der Waals surface area contributed by atoms with Gasteiger partial charge in [-0.3, -0.25) is 10.1 Å². The lowest BCUT2D eigenvalue weighted by Gasteiger charge is -2.19. The minimum atomic E-state index is -0.515. The van der Waals surface area contributed by atoms with Crippen molar-refractivity contribution in [1.82, 2.24) is 25.5 Å². The fourth-order valence-corrected chi connectivity index (χ4v) is 3.25. The predicted molar refractivity (Wildman–Crippen MR) is 104 cm³/mol. The zero-order valence-corrected chi connectivity index (χ0v) is 16.5. The number of carbonyl (C=O) groups is 1. The van der Waals surface area contributed by atoms with Crippen LogP contribution in [-0.4, -0.2) is 31.9 Å². The first kappa shape index (κ1) is 19.0. The molecule has 8 heteroatoms. The second kappa shape index (κ2) is 8.30. The van der Waals surface area contributed by atoms with Crippen molar-refractivity contribution in [3.63, 3.8) is 0 Å². The van der Waals surface area contributed by atoms with Crippen molar-refractivity contribution in [1.29, 1.82) is 0 Å². The molecule has 0 aliphatic heterocycles. The summed E-state index contributed by atoms with van der Waals surface area (Å²) in [6, 6.07) is 4.02. The third-order valence-electron chi connectivity index (χ3n) is 3.73. The average Bonchev–Trinajstić information content (AvgIpc) is 3.26. The minimum Gasteiger partial charge on any atom is -0.444 e. The third kappa shape index (κ3) is 5.62. The lowest BCUT2D eigenvalue weighted by molar-refractivity contribution is 0.0523. The number of aryl methyl sites for hydroxylation is 2. The van der Waals surface area contributed by atoms with E-state index in [1.807, 2.05) is 44.5 Å². The van der Waals surface area contributed by atoms with E-state index in [1.54, 1.807) is 12.4 Å². The number of aromatic amines is 1. The van der Waals surface area contributed by atoms with Gasteiger partial charge >= 0.3 is 6.09 Å². The van der Waals surface area contributed by atoms with Gasteiger partial charge in [0.05, 0.1) is 17.9 Å². The molecule has 0 unspecified atom stereocenters. The summed E-state index contributed by atoms with van der Waals surface area (Å²) >= 11 is 1.50. The molecule has 3 aromatic heterocycles. The maximum Gasteiger partial charge on any atom is 0.408 e. The van der Waals surface area contributed by atoms with Crippen LogP contribution < -0.4 is 5.32 Å². The molecular weight excluding hydrogens is 362 g/mol. The molecule has 0 aliphatic rings. The highest BCUT2D eigenvalue weighted by atomic mass is 32.1. The van der Waals surface area contributed by atoms with E-state index in [4.69, 9.17) is 4.74 Å². The number of rotatable bonds is 6. The van der Waals surface area contributed by atoms with E-state index in [0.29, 0.717) is 6.54 Å². The molecule has 1 amide bonds. The Bertz CT molecular complexity index is 883. The Hall–Kier alpha value is -2.74. The highest BCUT2D eigenvalue weighted by Gasteiger charge is 2.17. The highest BCUT2D eigenvalue weighted by molar-refractivity contribution is 7.09. The number of aromatic nitrogens is 4. The van der Waals surface area contributed by atoms with Crippen molar-refractivity contribution in [3.05, 3.63) is 52.4 Å². The van der Waals surface area contributed by atoms with Crippen LogP contribution in [-0.2, 0) is 24.1 Å². The van der Waals surface area contributed by atoms with Crippen LogP contribution in [0.15, 0.2) is 36.1 Å². The first-order valence-electron chi connectivity index (χ1n) is 8.74. The summed E-state index contributed by atoms with van der Waals surface area (Å²) in [6.07, 6.45) is 6.71. The first-order chi connectivity index (χ1) is 12.9. The van der Waals surface area contributed by atoms with Crippen molar-refractivity contribution in [3.8, 4) is 11.3 Å². The molecule has 3 heterocycles. The summed E-state index contributed by atoms with van der Waals surface area (Å²) in [7, 11) is 0. The van der Waals surface area contributed by atoms with Crippen LogP contribution in [0.1, 0.15) is 37.0 Å². The van der Waals surface area contributed by atoms with Gasteiger partial charge in [0.25, 0.3) is 0 Å². The predicted octanol–water partition coefficient (Wildman–Crippen LogP) is 3.74. The van der Waals surface area contributed by atoms with Crippen LogP contribution in [0.2, 0.25) is 0 Å². The maximum atomic E-state index is 11.8. The van der Waals surface area contributed by atoms with E-state index in [1.165, 1.54) is 16.9 Å². The number of thiazole rings is 1. The fourth-order valence-electron chi connectivity index (χ4n) is 2.52. The molecule has 142 valence electrons. The molecule has 0 radical (unpaired) electrons. The zero-order chi connectivity index (χ0) is 19.3. The number of pyridine rings is 1. The zero-order valence-electron chi connectivity index (χ0n) is 15.7. The standard InChI is InChI=1S/C19H23N5O2S/c1-19(2,3)26-18(25)21-11-17-23-16(12-27-17)14-10-22-24-15(14)5-4-13-6-8-20-9-7-13/h6-10,12H,4-5,11H2,1-3H3,(H,21,25)(H,22,24). The van der Waals surface area contributed by atoms with Crippen molar-refractivity contribution < 1.29 is 9.53 Å². The topological polar surface area (TPSA) is 92.8 Å². The van der Waals surface area contributed by atoms with E-state index in [2.05, 4.69) is 25.5 Å². The number of hydrogen-bond donors (Lipinski definition) is 2. The number of alkyl carbamates (subject to hydrolysis) is 1. The molecule has 0 bridgehead atoms. The first-order valence-corrected chi connectivity index (χ1v) is 9.62. The van der Waals surface area contributed by atoms with Crippen molar-refractivity contribution >= 4 is 17.4 Å². The molecule has 0 aromatic carbocycles. The van der Waals surface area contributed by atoms with E-state index < -0.39 is 11.7 Å². The summed E-state index contributed by atoms with van der Waals surface area (Å²) in [5.41, 5.74) is 3.53. The van der Waals surface area contributed by atoms with Gasteiger partial charge in [0, 0.05) is 29.5 Å². The Morgan fingerprint density at radius 3 is 2.78 bits per heavy atom. The SMILES string of the molecule is CC(C)(C)OC(=O)NCc1nc(-c2c[nH]nc2CCc2ccncc2)cs1. The van der Waals surface area contributed by atoms with Gasteiger partial charge in [-0.2, -0.15) is 5.10 Å². The Morgan fingerprint density at radius 2 is 2.04 bits per heavy atom. The third-order valence-corrected chi connectivity index (χ3v) is 4.58. The van der Waals surface area contributed by atoms with Crippen LogP contribution >= 0.6 is 11.3 Å². The van der Waals surface area contributed by atoms with Gasteiger partial charge in [-0.15, -0.1) is 11.3 Å². The number of amides is 1. The quantitative estimate of drug-likeness (QED) is 0.674. The Balaban J connectivity index is 1.60. The molecular formula is C19H23N5O2S. The van der Waals surface area contributed by atoms with Crippen molar-refractivity contribution in [2.45, 2.75) is 45.8 Å². The van der Waals surface area contributed by atoms with Gasteiger partial charge in [0.15, 0.2) is 0 Å². The molecule has 0 fully saturated rings. The second-order valence-corrected chi connectivity index (χ2v) is 8.03. The van der Waals surface area contributed by atoms with E-state index in [9.17, 15) is 4.79 Å². The Morgan fingerprint density at radius 1 is 1.26 bits per heavy atom. The normalized spacial score (nSPS) is 11.4. The van der Waals surface area contributed by atoms with Crippen LogP contribution in [0.5, 0.6) is 0 Å². The monoisotopic (exact) mass is 385 g/mol. The molecule has 0 saturated carbocycles. The summed E-state index contributed by atoms with van der Waals surface area (Å²) in [4.78, 5) is 20.4. The maximum absolute atomic E-state index is 11.8. The summed E-state index contributed by atoms with van der Waals surface area (Å²) < 4.78 is 5.24. The van der Waals surface area contributed by atoms with E-state index >= 15 is 0 Å². The van der Waals surface area contributed by atoms with Crippen LogP contribution in [0, 0.1) is 0 Å². The van der Waals surface area contributed by atoms with Gasteiger partial charge in [-0.05, 0) is 51.3 Å². The van der Waals surface area contributed by atoms with Gasteiger partial charge in [0.2, 0.25) is 0 Å². The molecule has 0 aliphatic carbocycles. The number of ether oxygens (including phenoxy) is 1.